The van der Waals surface area contributed by atoms with E-state index < -0.39 is 26.8 Å². The molecule has 1 saturated heterocycles. The number of sulfonamides is 1. The van der Waals surface area contributed by atoms with Crippen molar-refractivity contribution in [1.29, 1.82) is 5.26 Å². The van der Waals surface area contributed by atoms with E-state index in [0.29, 0.717) is 12.8 Å². The van der Waals surface area contributed by atoms with Crippen molar-refractivity contribution in [3.63, 3.8) is 0 Å². The lowest BCUT2D eigenvalue weighted by Crippen LogP contribution is -2.54. The first-order valence-corrected chi connectivity index (χ1v) is 6.98. The van der Waals surface area contributed by atoms with Crippen molar-refractivity contribution in [2.24, 2.45) is 0 Å². The predicted octanol–water partition coefficient (Wildman–Crippen LogP) is 0.557. The number of carboxylic acid groups (broad SMARTS) is 1. The molecule has 1 N–H and O–H groups in total. The third kappa shape index (κ3) is 2.03. The van der Waals surface area contributed by atoms with Crippen LogP contribution in [0.3, 0.4) is 0 Å². The van der Waals surface area contributed by atoms with Crippen LogP contribution >= 0.6 is 0 Å². The van der Waals surface area contributed by atoms with E-state index in [4.69, 9.17) is 5.26 Å². The molecule has 96 valence electrons. The second kappa shape index (κ2) is 4.63. The van der Waals surface area contributed by atoms with Gasteiger partial charge in [-0.2, -0.15) is 9.57 Å². The average Bonchev–Trinajstić information content (AvgIpc) is 2.73. The highest BCUT2D eigenvalue weighted by molar-refractivity contribution is 7.90. The normalized spacial score (nSPS) is 27.6. The summed E-state index contributed by atoms with van der Waals surface area (Å²) in [7, 11) is -3.86. The first kappa shape index (κ1) is 13.9. The Morgan fingerprint density at radius 2 is 2.24 bits per heavy atom. The summed E-state index contributed by atoms with van der Waals surface area (Å²) < 4.78 is 25.2. The minimum absolute atomic E-state index is 0.175. The van der Waals surface area contributed by atoms with E-state index in [0.717, 1.165) is 4.31 Å². The second-order valence-corrected chi connectivity index (χ2v) is 6.36. The minimum atomic E-state index is -3.86. The maximum absolute atomic E-state index is 12.1. The third-order valence-electron chi connectivity index (χ3n) is 3.35. The zero-order chi connectivity index (χ0) is 13.3. The van der Waals surface area contributed by atoms with E-state index in [1.165, 1.54) is 6.92 Å². The topological polar surface area (TPSA) is 98.5 Å². The lowest BCUT2D eigenvalue weighted by Gasteiger charge is -2.33. The molecule has 0 bridgehead atoms. The molecule has 1 heterocycles. The van der Waals surface area contributed by atoms with Crippen LogP contribution in [0, 0.1) is 11.3 Å². The van der Waals surface area contributed by atoms with Gasteiger partial charge in [-0.05, 0) is 26.2 Å². The Hall–Kier alpha value is -1.13. The highest BCUT2D eigenvalue weighted by atomic mass is 32.2. The number of hydrogen-bond donors (Lipinski definition) is 1. The summed E-state index contributed by atoms with van der Waals surface area (Å²) in [5.74, 6) is -1.13. The van der Waals surface area contributed by atoms with Gasteiger partial charge in [0.05, 0.1) is 6.07 Å². The molecule has 0 amide bonds. The van der Waals surface area contributed by atoms with Crippen LogP contribution in [0.4, 0.5) is 0 Å². The van der Waals surface area contributed by atoms with Gasteiger partial charge in [-0.3, -0.25) is 4.79 Å². The summed E-state index contributed by atoms with van der Waals surface area (Å²) in [6.45, 7) is 3.10. The van der Waals surface area contributed by atoms with E-state index in [1.807, 2.05) is 0 Å². The number of carboxylic acids is 1. The molecular weight excluding hydrogens is 244 g/mol. The van der Waals surface area contributed by atoms with Crippen LogP contribution in [0.25, 0.3) is 0 Å². The monoisotopic (exact) mass is 260 g/mol. The van der Waals surface area contributed by atoms with Gasteiger partial charge in [0.1, 0.15) is 5.54 Å². The van der Waals surface area contributed by atoms with Gasteiger partial charge in [0.15, 0.2) is 5.25 Å². The quantitative estimate of drug-likeness (QED) is 0.796. The van der Waals surface area contributed by atoms with Crippen molar-refractivity contribution in [1.82, 2.24) is 4.31 Å². The number of nitriles is 1. The summed E-state index contributed by atoms with van der Waals surface area (Å²) in [6, 6.07) is 1.66. The molecule has 0 aromatic heterocycles. The van der Waals surface area contributed by atoms with E-state index in [1.54, 1.807) is 13.0 Å². The van der Waals surface area contributed by atoms with Crippen molar-refractivity contribution in [2.45, 2.75) is 43.9 Å². The van der Waals surface area contributed by atoms with Gasteiger partial charge in [-0.15, -0.1) is 0 Å². The lowest BCUT2D eigenvalue weighted by atomic mass is 9.95. The molecule has 7 heteroatoms. The number of hydrogen-bond acceptors (Lipinski definition) is 4. The molecule has 1 aliphatic heterocycles. The van der Waals surface area contributed by atoms with E-state index >= 15 is 0 Å². The summed E-state index contributed by atoms with van der Waals surface area (Å²) in [6.07, 6.45) is 1.02. The smallest absolute Gasteiger partial charge is 0.325 e. The van der Waals surface area contributed by atoms with Crippen LogP contribution in [-0.4, -0.2) is 41.1 Å². The molecule has 0 saturated carbocycles. The number of aliphatic carboxylic acids is 1. The van der Waals surface area contributed by atoms with Gasteiger partial charge in [0.2, 0.25) is 10.0 Å². The van der Waals surface area contributed by atoms with Gasteiger partial charge in [-0.25, -0.2) is 8.42 Å². The molecule has 2 unspecified atom stereocenters. The Balaban J connectivity index is 3.23. The maximum atomic E-state index is 12.1. The largest absolute Gasteiger partial charge is 0.480 e. The first-order chi connectivity index (χ1) is 7.82. The maximum Gasteiger partial charge on any atom is 0.325 e. The van der Waals surface area contributed by atoms with Gasteiger partial charge >= 0.3 is 5.97 Å². The molecule has 0 aromatic carbocycles. The standard InChI is InChI=1S/C10H16N2O4S/c1-3-10(9(13)14)5-4-6-12(10)17(15,16)8(2)7-11/h8H,3-6H2,1-2H3,(H,13,14). The fourth-order valence-electron chi connectivity index (χ4n) is 2.20. The lowest BCUT2D eigenvalue weighted by molar-refractivity contribution is -0.147. The highest BCUT2D eigenvalue weighted by Gasteiger charge is 2.52. The SMILES string of the molecule is CCC1(C(=O)O)CCCN1S(=O)(=O)C(C)C#N. The zero-order valence-corrected chi connectivity index (χ0v) is 10.7. The Morgan fingerprint density at radius 1 is 1.65 bits per heavy atom. The Bertz CT molecular complexity index is 453. The first-order valence-electron chi connectivity index (χ1n) is 5.47. The van der Waals surface area contributed by atoms with Crippen LogP contribution in [-0.2, 0) is 14.8 Å². The Morgan fingerprint density at radius 3 is 2.65 bits per heavy atom. The van der Waals surface area contributed by atoms with Gasteiger partial charge < -0.3 is 5.11 Å². The van der Waals surface area contributed by atoms with Crippen LogP contribution in [0.15, 0.2) is 0 Å². The van der Waals surface area contributed by atoms with Crippen molar-refractivity contribution in [2.75, 3.05) is 6.54 Å². The van der Waals surface area contributed by atoms with Gasteiger partial charge in [-0.1, -0.05) is 6.92 Å². The molecule has 6 nitrogen and oxygen atoms in total. The van der Waals surface area contributed by atoms with E-state index in [2.05, 4.69) is 0 Å². The van der Waals surface area contributed by atoms with Crippen molar-refractivity contribution in [3.8, 4) is 6.07 Å². The summed E-state index contributed by atoms with van der Waals surface area (Å²) in [4.78, 5) is 11.3. The average molecular weight is 260 g/mol. The van der Waals surface area contributed by atoms with Crippen LogP contribution in [0.2, 0.25) is 0 Å². The molecule has 0 spiro atoms. The molecule has 2 atom stereocenters. The predicted molar refractivity (Wildman–Crippen MR) is 60.6 cm³/mol. The van der Waals surface area contributed by atoms with Gasteiger partial charge in [0, 0.05) is 6.54 Å². The molecule has 1 aliphatic rings. The Kier molecular flexibility index (Phi) is 3.79. The Labute approximate surface area is 101 Å². The molecule has 0 aromatic rings. The summed E-state index contributed by atoms with van der Waals surface area (Å²) in [5.41, 5.74) is -1.37. The van der Waals surface area contributed by atoms with Crippen LogP contribution in [0.1, 0.15) is 33.1 Å². The zero-order valence-electron chi connectivity index (χ0n) is 9.88. The number of carbonyl (C=O) groups is 1. The molecule has 17 heavy (non-hydrogen) atoms. The van der Waals surface area contributed by atoms with E-state index in [-0.39, 0.29) is 13.0 Å². The molecule has 0 aliphatic carbocycles. The third-order valence-corrected chi connectivity index (χ3v) is 5.49. The van der Waals surface area contributed by atoms with E-state index in [9.17, 15) is 18.3 Å². The van der Waals surface area contributed by atoms with Crippen molar-refractivity contribution < 1.29 is 18.3 Å². The minimum Gasteiger partial charge on any atom is -0.480 e. The molecule has 1 rings (SSSR count). The number of rotatable bonds is 4. The fourth-order valence-corrected chi connectivity index (χ4v) is 3.88. The van der Waals surface area contributed by atoms with Gasteiger partial charge in [0.25, 0.3) is 0 Å². The van der Waals surface area contributed by atoms with Crippen molar-refractivity contribution in [3.05, 3.63) is 0 Å². The summed E-state index contributed by atoms with van der Waals surface area (Å²) in [5, 5.41) is 16.8. The molecular formula is C10H16N2O4S. The van der Waals surface area contributed by atoms with Crippen molar-refractivity contribution >= 4 is 16.0 Å². The fraction of sp³-hybridized carbons (Fsp3) is 0.800. The number of nitrogens with zero attached hydrogens (tertiary/aromatic N) is 2. The summed E-state index contributed by atoms with van der Waals surface area (Å²) >= 11 is 0. The van der Waals surface area contributed by atoms with Crippen LogP contribution < -0.4 is 0 Å². The molecule has 0 radical (unpaired) electrons. The second-order valence-electron chi connectivity index (χ2n) is 4.18. The highest BCUT2D eigenvalue weighted by Crippen LogP contribution is 2.36. The molecule has 1 fully saturated rings. The van der Waals surface area contributed by atoms with Crippen LogP contribution in [0.5, 0.6) is 0 Å².